The Labute approximate surface area is 107 Å². The molecule has 0 aliphatic carbocycles. The number of nitrogens with zero attached hydrogens (tertiary/aromatic N) is 1. The van der Waals surface area contributed by atoms with E-state index in [2.05, 4.69) is 30.5 Å². The minimum atomic E-state index is -0.295. The summed E-state index contributed by atoms with van der Waals surface area (Å²) in [5.74, 6) is -0.295. The number of hydrogen-bond acceptors (Lipinski definition) is 2. The summed E-state index contributed by atoms with van der Waals surface area (Å²) in [4.78, 5) is 11.7. The molecule has 0 N–H and O–H groups in total. The lowest BCUT2D eigenvalue weighted by Crippen LogP contribution is -2.08. The normalized spacial score (nSPS) is 10.4. The zero-order valence-corrected chi connectivity index (χ0v) is 11.2. The van der Waals surface area contributed by atoms with Crippen LogP contribution in [0.5, 0.6) is 0 Å². The summed E-state index contributed by atoms with van der Waals surface area (Å²) in [6, 6.07) is 9.83. The van der Waals surface area contributed by atoms with Gasteiger partial charge in [-0.25, -0.2) is 4.79 Å². The lowest BCUT2D eigenvalue weighted by molar-refractivity contribution is 0.0600. The molecule has 0 spiro atoms. The third kappa shape index (κ3) is 1.92. The molecular weight excluding hydrogens is 226 g/mol. The Bertz CT molecular complexity index is 577. The molecule has 0 saturated carbocycles. The van der Waals surface area contributed by atoms with Gasteiger partial charge in [0.05, 0.1) is 12.7 Å². The molecule has 3 heteroatoms. The van der Waals surface area contributed by atoms with Gasteiger partial charge in [-0.1, -0.05) is 6.07 Å². The standard InChI is InChI=1S/C15H17NO2/c1-10-8-9-11(2)16(10)14-7-5-6-13(12(14)3)15(17)18-4/h5-9H,1-4H3. The van der Waals surface area contributed by atoms with Crippen LogP contribution in [0.15, 0.2) is 30.3 Å². The molecule has 0 aliphatic heterocycles. The largest absolute Gasteiger partial charge is 0.465 e. The number of methoxy groups -OCH3 is 1. The fraction of sp³-hybridized carbons (Fsp3) is 0.267. The monoisotopic (exact) mass is 243 g/mol. The molecule has 1 aromatic carbocycles. The smallest absolute Gasteiger partial charge is 0.338 e. The highest BCUT2D eigenvalue weighted by Gasteiger charge is 2.14. The number of aromatic nitrogens is 1. The fourth-order valence-corrected chi connectivity index (χ4v) is 2.25. The summed E-state index contributed by atoms with van der Waals surface area (Å²) in [7, 11) is 1.40. The Kier molecular flexibility index (Phi) is 3.24. The van der Waals surface area contributed by atoms with Gasteiger partial charge in [0, 0.05) is 17.1 Å². The second kappa shape index (κ2) is 4.69. The zero-order valence-electron chi connectivity index (χ0n) is 11.2. The van der Waals surface area contributed by atoms with Crippen LogP contribution in [0.2, 0.25) is 0 Å². The summed E-state index contributed by atoms with van der Waals surface area (Å²) in [6.07, 6.45) is 0. The topological polar surface area (TPSA) is 31.2 Å². The minimum Gasteiger partial charge on any atom is -0.465 e. The van der Waals surface area contributed by atoms with E-state index in [1.165, 1.54) is 7.11 Å². The van der Waals surface area contributed by atoms with Gasteiger partial charge >= 0.3 is 5.97 Å². The first-order valence-corrected chi connectivity index (χ1v) is 5.89. The lowest BCUT2D eigenvalue weighted by Gasteiger charge is -2.14. The van der Waals surface area contributed by atoms with Crippen molar-refractivity contribution in [3.63, 3.8) is 0 Å². The quantitative estimate of drug-likeness (QED) is 0.758. The van der Waals surface area contributed by atoms with Crippen molar-refractivity contribution in [2.24, 2.45) is 0 Å². The first-order valence-electron chi connectivity index (χ1n) is 5.89. The SMILES string of the molecule is COC(=O)c1cccc(-n2c(C)ccc2C)c1C. The summed E-state index contributed by atoms with van der Waals surface area (Å²) in [5, 5.41) is 0. The Morgan fingerprint density at radius 3 is 2.22 bits per heavy atom. The van der Waals surface area contributed by atoms with Crippen LogP contribution in [0.1, 0.15) is 27.3 Å². The average Bonchev–Trinajstić information content (AvgIpc) is 2.69. The first kappa shape index (κ1) is 12.4. The van der Waals surface area contributed by atoms with E-state index >= 15 is 0 Å². The van der Waals surface area contributed by atoms with Crippen LogP contribution in [0, 0.1) is 20.8 Å². The van der Waals surface area contributed by atoms with E-state index in [0.29, 0.717) is 5.56 Å². The van der Waals surface area contributed by atoms with Gasteiger partial charge in [0.2, 0.25) is 0 Å². The molecule has 1 aromatic heterocycles. The van der Waals surface area contributed by atoms with Crippen molar-refractivity contribution in [3.05, 3.63) is 52.8 Å². The molecule has 94 valence electrons. The number of hydrogen-bond donors (Lipinski definition) is 0. The predicted molar refractivity (Wildman–Crippen MR) is 71.3 cm³/mol. The van der Waals surface area contributed by atoms with Crippen molar-refractivity contribution in [2.45, 2.75) is 20.8 Å². The van der Waals surface area contributed by atoms with E-state index in [0.717, 1.165) is 22.6 Å². The van der Waals surface area contributed by atoms with E-state index in [9.17, 15) is 4.79 Å². The Morgan fingerprint density at radius 2 is 1.67 bits per heavy atom. The zero-order chi connectivity index (χ0) is 13.3. The maximum absolute atomic E-state index is 11.7. The van der Waals surface area contributed by atoms with Crippen LogP contribution >= 0.6 is 0 Å². The number of carbonyl (C=O) groups excluding carboxylic acids is 1. The van der Waals surface area contributed by atoms with Crippen LogP contribution in [0.3, 0.4) is 0 Å². The molecule has 0 radical (unpaired) electrons. The summed E-state index contributed by atoms with van der Waals surface area (Å²) >= 11 is 0. The number of benzene rings is 1. The Balaban J connectivity index is 2.63. The van der Waals surface area contributed by atoms with Gasteiger partial charge in [-0.15, -0.1) is 0 Å². The fourth-order valence-electron chi connectivity index (χ4n) is 2.25. The Hall–Kier alpha value is -2.03. The van der Waals surface area contributed by atoms with Crippen LogP contribution in [0.4, 0.5) is 0 Å². The van der Waals surface area contributed by atoms with Crippen LogP contribution in [0.25, 0.3) is 5.69 Å². The molecule has 0 amide bonds. The molecular formula is C15H17NO2. The number of rotatable bonds is 2. The van der Waals surface area contributed by atoms with Gasteiger partial charge in [0.15, 0.2) is 0 Å². The predicted octanol–water partition coefficient (Wildman–Crippen LogP) is 3.19. The van der Waals surface area contributed by atoms with Crippen LogP contribution < -0.4 is 0 Å². The number of aryl methyl sites for hydroxylation is 2. The van der Waals surface area contributed by atoms with Gasteiger partial charge in [0.25, 0.3) is 0 Å². The molecule has 0 unspecified atom stereocenters. The molecule has 0 atom stereocenters. The van der Waals surface area contributed by atoms with Crippen molar-refractivity contribution in [1.29, 1.82) is 0 Å². The van der Waals surface area contributed by atoms with Gasteiger partial charge < -0.3 is 9.30 Å². The van der Waals surface area contributed by atoms with Crippen LogP contribution in [-0.2, 0) is 4.74 Å². The highest BCUT2D eigenvalue weighted by atomic mass is 16.5. The second-order valence-electron chi connectivity index (χ2n) is 4.39. The summed E-state index contributed by atoms with van der Waals surface area (Å²) in [6.45, 7) is 6.05. The van der Waals surface area contributed by atoms with Gasteiger partial charge in [0.1, 0.15) is 0 Å². The van der Waals surface area contributed by atoms with Crippen molar-refractivity contribution in [3.8, 4) is 5.69 Å². The average molecular weight is 243 g/mol. The molecule has 0 fully saturated rings. The molecule has 0 aliphatic rings. The maximum atomic E-state index is 11.7. The Morgan fingerprint density at radius 1 is 1.06 bits per heavy atom. The van der Waals surface area contributed by atoms with Crippen molar-refractivity contribution in [2.75, 3.05) is 7.11 Å². The van der Waals surface area contributed by atoms with Crippen molar-refractivity contribution >= 4 is 5.97 Å². The molecule has 1 heterocycles. The van der Waals surface area contributed by atoms with Crippen molar-refractivity contribution in [1.82, 2.24) is 4.57 Å². The molecule has 2 rings (SSSR count). The van der Waals surface area contributed by atoms with E-state index in [-0.39, 0.29) is 5.97 Å². The number of ether oxygens (including phenoxy) is 1. The number of esters is 1. The van der Waals surface area contributed by atoms with E-state index < -0.39 is 0 Å². The van der Waals surface area contributed by atoms with E-state index in [4.69, 9.17) is 4.74 Å². The molecule has 18 heavy (non-hydrogen) atoms. The third-order valence-corrected chi connectivity index (χ3v) is 3.22. The summed E-state index contributed by atoms with van der Waals surface area (Å²) < 4.78 is 6.94. The molecule has 0 bridgehead atoms. The lowest BCUT2D eigenvalue weighted by atomic mass is 10.1. The van der Waals surface area contributed by atoms with Crippen molar-refractivity contribution < 1.29 is 9.53 Å². The third-order valence-electron chi connectivity index (χ3n) is 3.22. The van der Waals surface area contributed by atoms with Gasteiger partial charge in [-0.05, 0) is 50.6 Å². The minimum absolute atomic E-state index is 0.295. The van der Waals surface area contributed by atoms with E-state index in [1.54, 1.807) is 6.07 Å². The molecule has 2 aromatic rings. The summed E-state index contributed by atoms with van der Waals surface area (Å²) in [5.41, 5.74) is 4.88. The van der Waals surface area contributed by atoms with Crippen LogP contribution in [-0.4, -0.2) is 17.6 Å². The number of carbonyl (C=O) groups is 1. The maximum Gasteiger partial charge on any atom is 0.338 e. The molecule has 3 nitrogen and oxygen atoms in total. The van der Waals surface area contributed by atoms with Gasteiger partial charge in [-0.3, -0.25) is 0 Å². The highest BCUT2D eigenvalue weighted by Crippen LogP contribution is 2.22. The highest BCUT2D eigenvalue weighted by molar-refractivity contribution is 5.92. The second-order valence-corrected chi connectivity index (χ2v) is 4.39. The molecule has 0 saturated heterocycles. The van der Waals surface area contributed by atoms with E-state index in [1.807, 2.05) is 19.1 Å². The van der Waals surface area contributed by atoms with Gasteiger partial charge in [-0.2, -0.15) is 0 Å². The first-order chi connectivity index (χ1) is 8.56.